The first kappa shape index (κ1) is 9.45. The van der Waals surface area contributed by atoms with Crippen molar-refractivity contribution in [2.45, 2.75) is 12.7 Å². The Labute approximate surface area is 76.0 Å². The molecule has 0 spiro atoms. The minimum atomic E-state index is -1.29. The summed E-state index contributed by atoms with van der Waals surface area (Å²) >= 11 is 5.57. The van der Waals surface area contributed by atoms with Gasteiger partial charge in [-0.15, -0.1) is 0 Å². The second-order valence-corrected chi connectivity index (χ2v) is 2.94. The lowest BCUT2D eigenvalue weighted by molar-refractivity contribution is -0.179. The molecule has 3 nitrogen and oxygen atoms in total. The molecule has 0 radical (unpaired) electrons. The number of hydrogen-bond donors (Lipinski definition) is 1. The van der Waals surface area contributed by atoms with E-state index in [0.29, 0.717) is 10.7 Å². The Morgan fingerprint density at radius 3 is 2.67 bits per heavy atom. The van der Waals surface area contributed by atoms with Gasteiger partial charge in [0.2, 0.25) is 0 Å². The minimum absolute atomic E-state index is 0.394. The van der Waals surface area contributed by atoms with Crippen molar-refractivity contribution in [3.63, 3.8) is 0 Å². The molecule has 12 heavy (non-hydrogen) atoms. The van der Waals surface area contributed by atoms with Crippen molar-refractivity contribution in [3.05, 3.63) is 29.0 Å². The topological polar surface area (TPSA) is 42.4 Å². The van der Waals surface area contributed by atoms with Crippen LogP contribution in [0.2, 0.25) is 5.15 Å². The first-order valence-electron chi connectivity index (χ1n) is 3.46. The molecule has 4 heteroatoms. The smallest absolute Gasteiger partial charge is 0.190 e. The van der Waals surface area contributed by atoms with Gasteiger partial charge in [0.1, 0.15) is 5.15 Å². The maximum absolute atomic E-state index is 9.58. The van der Waals surface area contributed by atoms with Crippen LogP contribution in [0, 0.1) is 0 Å². The summed E-state index contributed by atoms with van der Waals surface area (Å²) in [6, 6.07) is 3.27. The fourth-order valence-corrected chi connectivity index (χ4v) is 0.880. The highest BCUT2D eigenvalue weighted by molar-refractivity contribution is 6.29. The Kier molecular flexibility index (Phi) is 2.67. The summed E-state index contributed by atoms with van der Waals surface area (Å²) in [5, 5.41) is 9.97. The number of pyridine rings is 1. The van der Waals surface area contributed by atoms with Gasteiger partial charge in [-0.25, -0.2) is 4.98 Å². The van der Waals surface area contributed by atoms with E-state index in [9.17, 15) is 5.11 Å². The lowest BCUT2D eigenvalue weighted by atomic mass is 10.1. The highest BCUT2D eigenvalue weighted by Gasteiger charge is 2.21. The van der Waals surface area contributed by atoms with Crippen LogP contribution in [0.4, 0.5) is 0 Å². The van der Waals surface area contributed by atoms with E-state index in [1.165, 1.54) is 20.2 Å². The van der Waals surface area contributed by atoms with Gasteiger partial charge in [-0.3, -0.25) is 0 Å². The summed E-state index contributed by atoms with van der Waals surface area (Å²) in [7, 11) is 1.43. The summed E-state index contributed by atoms with van der Waals surface area (Å²) in [4.78, 5) is 3.82. The van der Waals surface area contributed by atoms with Gasteiger partial charge in [-0.2, -0.15) is 0 Å². The molecule has 0 aliphatic carbocycles. The van der Waals surface area contributed by atoms with Crippen LogP contribution in [0.15, 0.2) is 18.3 Å². The first-order chi connectivity index (χ1) is 5.56. The molecular weight excluding hydrogens is 178 g/mol. The second-order valence-electron chi connectivity index (χ2n) is 2.56. The van der Waals surface area contributed by atoms with Crippen molar-refractivity contribution in [3.8, 4) is 0 Å². The zero-order valence-electron chi connectivity index (χ0n) is 6.91. The predicted octanol–water partition coefficient (Wildman–Crippen LogP) is 1.55. The average Bonchev–Trinajstić information content (AvgIpc) is 2.05. The zero-order chi connectivity index (χ0) is 9.19. The van der Waals surface area contributed by atoms with Crippen LogP contribution in [0.3, 0.4) is 0 Å². The molecule has 0 saturated carbocycles. The van der Waals surface area contributed by atoms with Crippen LogP contribution in [-0.4, -0.2) is 17.2 Å². The standard InChI is InChI=1S/C8H10ClNO2/c1-8(11,12-2)6-3-4-7(9)10-5-6/h3-5,11H,1-2H3. The summed E-state index contributed by atoms with van der Waals surface area (Å²) < 4.78 is 4.84. The second kappa shape index (κ2) is 3.39. The summed E-state index contributed by atoms with van der Waals surface area (Å²) in [6.45, 7) is 1.54. The van der Waals surface area contributed by atoms with Gasteiger partial charge in [0.05, 0.1) is 0 Å². The number of halogens is 1. The fraction of sp³-hybridized carbons (Fsp3) is 0.375. The van der Waals surface area contributed by atoms with Crippen LogP contribution in [0.5, 0.6) is 0 Å². The molecule has 1 aromatic heterocycles. The zero-order valence-corrected chi connectivity index (χ0v) is 7.67. The number of methoxy groups -OCH3 is 1. The maximum Gasteiger partial charge on any atom is 0.190 e. The van der Waals surface area contributed by atoms with E-state index in [0.717, 1.165) is 0 Å². The highest BCUT2D eigenvalue weighted by atomic mass is 35.5. The molecule has 0 aliphatic heterocycles. The third-order valence-electron chi connectivity index (χ3n) is 1.66. The molecule has 1 rings (SSSR count). The Hall–Kier alpha value is -0.640. The van der Waals surface area contributed by atoms with Crippen molar-refractivity contribution in [2.75, 3.05) is 7.11 Å². The van der Waals surface area contributed by atoms with Crippen molar-refractivity contribution in [1.29, 1.82) is 0 Å². The highest BCUT2D eigenvalue weighted by Crippen LogP contribution is 2.20. The van der Waals surface area contributed by atoms with Crippen LogP contribution >= 0.6 is 11.6 Å². The normalized spacial score (nSPS) is 15.7. The number of hydrogen-bond acceptors (Lipinski definition) is 3. The molecule has 0 amide bonds. The van der Waals surface area contributed by atoms with Gasteiger partial charge >= 0.3 is 0 Å². The third kappa shape index (κ3) is 1.94. The largest absolute Gasteiger partial charge is 0.362 e. The van der Waals surface area contributed by atoms with E-state index < -0.39 is 5.79 Å². The molecule has 0 aliphatic rings. The van der Waals surface area contributed by atoms with E-state index in [-0.39, 0.29) is 0 Å². The van der Waals surface area contributed by atoms with Crippen LogP contribution in [0.1, 0.15) is 12.5 Å². The molecule has 1 N–H and O–H groups in total. The van der Waals surface area contributed by atoms with Gasteiger partial charge in [-0.05, 0) is 19.1 Å². The van der Waals surface area contributed by atoms with Crippen LogP contribution in [0.25, 0.3) is 0 Å². The number of rotatable bonds is 2. The minimum Gasteiger partial charge on any atom is -0.362 e. The quantitative estimate of drug-likeness (QED) is 0.564. The Morgan fingerprint density at radius 2 is 2.25 bits per heavy atom. The SMILES string of the molecule is COC(C)(O)c1ccc(Cl)nc1. The van der Waals surface area contributed by atoms with Crippen molar-refractivity contribution in [1.82, 2.24) is 4.98 Å². The molecule has 0 fully saturated rings. The Bertz CT molecular complexity index is 258. The molecule has 1 aromatic rings. The number of aromatic nitrogens is 1. The summed E-state index contributed by atoms with van der Waals surface area (Å²) in [6.07, 6.45) is 1.48. The van der Waals surface area contributed by atoms with E-state index in [2.05, 4.69) is 4.98 Å². The van der Waals surface area contributed by atoms with E-state index in [1.54, 1.807) is 12.1 Å². The molecule has 0 saturated heterocycles. The number of aliphatic hydroxyl groups is 1. The van der Waals surface area contributed by atoms with Crippen molar-refractivity contribution in [2.24, 2.45) is 0 Å². The van der Waals surface area contributed by atoms with Crippen molar-refractivity contribution < 1.29 is 9.84 Å². The molecule has 0 aromatic carbocycles. The molecule has 66 valence electrons. The molecule has 1 atom stereocenters. The Balaban J connectivity index is 2.96. The third-order valence-corrected chi connectivity index (χ3v) is 1.88. The molecule has 1 unspecified atom stereocenters. The first-order valence-corrected chi connectivity index (χ1v) is 3.83. The Morgan fingerprint density at radius 1 is 1.58 bits per heavy atom. The summed E-state index contributed by atoms with van der Waals surface area (Å²) in [5.41, 5.74) is 0.578. The van der Waals surface area contributed by atoms with Gasteiger partial charge < -0.3 is 9.84 Å². The number of nitrogens with zero attached hydrogens (tertiary/aromatic N) is 1. The fourth-order valence-electron chi connectivity index (χ4n) is 0.768. The molecule has 1 heterocycles. The lowest BCUT2D eigenvalue weighted by Crippen LogP contribution is -2.23. The van der Waals surface area contributed by atoms with Gasteiger partial charge in [-0.1, -0.05) is 11.6 Å². The average molecular weight is 188 g/mol. The van der Waals surface area contributed by atoms with E-state index >= 15 is 0 Å². The monoisotopic (exact) mass is 187 g/mol. The van der Waals surface area contributed by atoms with Crippen LogP contribution in [-0.2, 0) is 10.5 Å². The van der Waals surface area contributed by atoms with Crippen LogP contribution < -0.4 is 0 Å². The van der Waals surface area contributed by atoms with Gasteiger partial charge in [0.25, 0.3) is 0 Å². The predicted molar refractivity (Wildman–Crippen MR) is 45.8 cm³/mol. The van der Waals surface area contributed by atoms with E-state index in [4.69, 9.17) is 16.3 Å². The van der Waals surface area contributed by atoms with Crippen molar-refractivity contribution >= 4 is 11.6 Å². The van der Waals surface area contributed by atoms with Gasteiger partial charge in [0.15, 0.2) is 5.79 Å². The maximum atomic E-state index is 9.58. The van der Waals surface area contributed by atoms with Gasteiger partial charge in [0, 0.05) is 18.9 Å². The number of ether oxygens (including phenoxy) is 1. The lowest BCUT2D eigenvalue weighted by Gasteiger charge is -2.20. The molecular formula is C8H10ClNO2. The summed E-state index contributed by atoms with van der Waals surface area (Å²) in [5.74, 6) is -1.29. The molecule has 0 bridgehead atoms. The van der Waals surface area contributed by atoms with E-state index in [1.807, 2.05) is 0 Å².